The first-order valence-corrected chi connectivity index (χ1v) is 6.06. The third-order valence-corrected chi connectivity index (χ3v) is 2.93. The average molecular weight is 249 g/mol. The Morgan fingerprint density at radius 2 is 2.11 bits per heavy atom. The summed E-state index contributed by atoms with van der Waals surface area (Å²) in [5, 5.41) is 19.8. The molecule has 1 unspecified atom stereocenters. The van der Waals surface area contributed by atoms with Crippen molar-refractivity contribution in [2.45, 2.75) is 25.8 Å². The summed E-state index contributed by atoms with van der Waals surface area (Å²) >= 11 is 0. The third-order valence-electron chi connectivity index (χ3n) is 2.93. The fourth-order valence-corrected chi connectivity index (χ4v) is 2.07. The van der Waals surface area contributed by atoms with Crippen molar-refractivity contribution in [3.05, 3.63) is 23.3 Å². The molecule has 2 heterocycles. The van der Waals surface area contributed by atoms with E-state index in [0.717, 1.165) is 17.9 Å². The summed E-state index contributed by atoms with van der Waals surface area (Å²) in [5.74, 6) is 0.739. The molecular formula is C11H19N7. The second-order valence-electron chi connectivity index (χ2n) is 4.30. The lowest BCUT2D eigenvalue weighted by atomic mass is 10.0. The molecule has 0 bridgehead atoms. The molecule has 0 saturated heterocycles. The highest BCUT2D eigenvalue weighted by atomic mass is 15.6. The Morgan fingerprint density at radius 3 is 2.67 bits per heavy atom. The van der Waals surface area contributed by atoms with Crippen molar-refractivity contribution in [1.29, 1.82) is 0 Å². The first-order chi connectivity index (χ1) is 8.63. The van der Waals surface area contributed by atoms with Gasteiger partial charge in [-0.25, -0.2) is 0 Å². The highest BCUT2D eigenvalue weighted by Crippen LogP contribution is 2.20. The van der Waals surface area contributed by atoms with Crippen LogP contribution in [-0.4, -0.2) is 37.0 Å². The van der Waals surface area contributed by atoms with Crippen LogP contribution < -0.4 is 5.32 Å². The van der Waals surface area contributed by atoms with E-state index in [-0.39, 0.29) is 6.04 Å². The van der Waals surface area contributed by atoms with E-state index in [9.17, 15) is 0 Å². The van der Waals surface area contributed by atoms with Gasteiger partial charge in [-0.05, 0) is 18.7 Å². The van der Waals surface area contributed by atoms with E-state index in [0.29, 0.717) is 6.42 Å². The van der Waals surface area contributed by atoms with Crippen molar-refractivity contribution in [2.24, 2.45) is 14.1 Å². The number of hydrogen-bond acceptors (Lipinski definition) is 5. The Morgan fingerprint density at radius 1 is 1.33 bits per heavy atom. The second-order valence-corrected chi connectivity index (χ2v) is 4.30. The SMILES string of the molecule is CCc1nn(C)cc1C(Cc1nnn(C)n1)NC. The summed E-state index contributed by atoms with van der Waals surface area (Å²) in [5.41, 5.74) is 2.32. The molecule has 1 N–H and O–H groups in total. The van der Waals surface area contributed by atoms with Gasteiger partial charge in [-0.3, -0.25) is 4.68 Å². The maximum absolute atomic E-state index is 4.46. The number of aromatic nitrogens is 6. The van der Waals surface area contributed by atoms with Crippen LogP contribution >= 0.6 is 0 Å². The number of aryl methyl sites for hydroxylation is 3. The van der Waals surface area contributed by atoms with Crippen molar-refractivity contribution in [3.8, 4) is 0 Å². The van der Waals surface area contributed by atoms with Gasteiger partial charge in [0.25, 0.3) is 0 Å². The monoisotopic (exact) mass is 249 g/mol. The smallest absolute Gasteiger partial charge is 0.176 e. The maximum atomic E-state index is 4.46. The van der Waals surface area contributed by atoms with Crippen LogP contribution in [0.25, 0.3) is 0 Å². The molecule has 98 valence electrons. The zero-order chi connectivity index (χ0) is 13.1. The molecule has 18 heavy (non-hydrogen) atoms. The van der Waals surface area contributed by atoms with E-state index in [4.69, 9.17) is 0 Å². The molecule has 0 radical (unpaired) electrons. The molecule has 1 atom stereocenters. The van der Waals surface area contributed by atoms with E-state index >= 15 is 0 Å². The summed E-state index contributed by atoms with van der Waals surface area (Å²) in [6.07, 6.45) is 3.68. The zero-order valence-corrected chi connectivity index (χ0v) is 11.3. The lowest BCUT2D eigenvalue weighted by Gasteiger charge is -2.13. The molecule has 7 heteroatoms. The lowest BCUT2D eigenvalue weighted by Crippen LogP contribution is -2.20. The molecule has 0 fully saturated rings. The van der Waals surface area contributed by atoms with E-state index in [2.05, 4.69) is 38.9 Å². The number of tetrazole rings is 1. The van der Waals surface area contributed by atoms with Gasteiger partial charge in [0.15, 0.2) is 5.82 Å². The largest absolute Gasteiger partial charge is 0.313 e. The summed E-state index contributed by atoms with van der Waals surface area (Å²) in [7, 11) is 5.65. The molecule has 2 aromatic rings. The molecular weight excluding hydrogens is 230 g/mol. The summed E-state index contributed by atoms with van der Waals surface area (Å²) in [6, 6.07) is 0.165. The van der Waals surface area contributed by atoms with Crippen LogP contribution in [0.1, 0.15) is 30.0 Å². The van der Waals surface area contributed by atoms with E-state index in [1.54, 1.807) is 7.05 Å². The molecule has 7 nitrogen and oxygen atoms in total. The van der Waals surface area contributed by atoms with Gasteiger partial charge < -0.3 is 5.32 Å². The zero-order valence-electron chi connectivity index (χ0n) is 11.3. The van der Waals surface area contributed by atoms with Gasteiger partial charge in [-0.1, -0.05) is 6.92 Å². The van der Waals surface area contributed by atoms with Crippen molar-refractivity contribution >= 4 is 0 Å². The van der Waals surface area contributed by atoms with Crippen LogP contribution in [0, 0.1) is 0 Å². The first-order valence-electron chi connectivity index (χ1n) is 6.06. The molecule has 0 spiro atoms. The number of nitrogens with zero attached hydrogens (tertiary/aromatic N) is 6. The Balaban J connectivity index is 2.22. The van der Waals surface area contributed by atoms with Crippen molar-refractivity contribution in [2.75, 3.05) is 7.05 Å². The Labute approximate surface area is 106 Å². The summed E-state index contributed by atoms with van der Waals surface area (Å²) < 4.78 is 1.85. The Kier molecular flexibility index (Phi) is 3.71. The summed E-state index contributed by atoms with van der Waals surface area (Å²) in [6.45, 7) is 2.11. The third kappa shape index (κ3) is 2.56. The quantitative estimate of drug-likeness (QED) is 0.808. The minimum absolute atomic E-state index is 0.165. The molecule has 2 aromatic heterocycles. The lowest BCUT2D eigenvalue weighted by molar-refractivity contribution is 0.566. The van der Waals surface area contributed by atoms with Gasteiger partial charge >= 0.3 is 0 Å². The van der Waals surface area contributed by atoms with Gasteiger partial charge in [0.1, 0.15) is 0 Å². The molecule has 0 aromatic carbocycles. The van der Waals surface area contributed by atoms with Gasteiger partial charge in [-0.2, -0.15) is 9.90 Å². The fourth-order valence-electron chi connectivity index (χ4n) is 2.07. The standard InChI is InChI=1S/C11H19N7/c1-5-9-8(7-17(3)14-9)10(12-2)6-11-13-16-18(4)15-11/h7,10,12H,5-6H2,1-4H3. The van der Waals surface area contributed by atoms with Crippen molar-refractivity contribution < 1.29 is 0 Å². The van der Waals surface area contributed by atoms with Gasteiger partial charge in [0.2, 0.25) is 0 Å². The molecule has 0 aliphatic rings. The van der Waals surface area contributed by atoms with E-state index in [1.165, 1.54) is 10.4 Å². The van der Waals surface area contributed by atoms with Crippen LogP contribution in [0.3, 0.4) is 0 Å². The predicted octanol–water partition coefficient (Wildman–Crippen LogP) is 0.00920. The van der Waals surface area contributed by atoms with Crippen molar-refractivity contribution in [3.63, 3.8) is 0 Å². The molecule has 0 aliphatic carbocycles. The average Bonchev–Trinajstić information content (AvgIpc) is 2.92. The Bertz CT molecular complexity index is 513. The topological polar surface area (TPSA) is 73.5 Å². The number of hydrogen-bond donors (Lipinski definition) is 1. The highest BCUT2D eigenvalue weighted by Gasteiger charge is 2.18. The van der Waals surface area contributed by atoms with Crippen LogP contribution in [0.4, 0.5) is 0 Å². The minimum atomic E-state index is 0.165. The van der Waals surface area contributed by atoms with Gasteiger partial charge in [0, 0.05) is 31.3 Å². The minimum Gasteiger partial charge on any atom is -0.313 e. The Hall–Kier alpha value is -1.76. The number of nitrogens with one attached hydrogen (secondary N) is 1. The fraction of sp³-hybridized carbons (Fsp3) is 0.636. The number of likely N-dealkylation sites (N-methyl/N-ethyl adjacent to an activating group) is 1. The van der Waals surface area contributed by atoms with E-state index < -0.39 is 0 Å². The van der Waals surface area contributed by atoms with Crippen LogP contribution in [0.5, 0.6) is 0 Å². The molecule has 0 saturated carbocycles. The van der Waals surface area contributed by atoms with Crippen molar-refractivity contribution in [1.82, 2.24) is 35.3 Å². The molecule has 0 aliphatic heterocycles. The van der Waals surface area contributed by atoms with Crippen LogP contribution in [0.15, 0.2) is 6.20 Å². The predicted molar refractivity (Wildman–Crippen MR) is 66.9 cm³/mol. The maximum Gasteiger partial charge on any atom is 0.176 e. The van der Waals surface area contributed by atoms with Crippen LogP contribution in [-0.2, 0) is 26.9 Å². The summed E-state index contributed by atoms with van der Waals surface area (Å²) in [4.78, 5) is 1.48. The normalized spacial score (nSPS) is 12.9. The first kappa shape index (κ1) is 12.7. The molecule has 2 rings (SSSR count). The second kappa shape index (κ2) is 5.26. The van der Waals surface area contributed by atoms with E-state index in [1.807, 2.05) is 18.8 Å². The highest BCUT2D eigenvalue weighted by molar-refractivity contribution is 5.22. The number of rotatable bonds is 5. The van der Waals surface area contributed by atoms with Gasteiger partial charge in [0.05, 0.1) is 12.7 Å². The molecule has 0 amide bonds. The van der Waals surface area contributed by atoms with Gasteiger partial charge in [-0.15, -0.1) is 10.2 Å². The van der Waals surface area contributed by atoms with Crippen LogP contribution in [0.2, 0.25) is 0 Å².